The van der Waals surface area contributed by atoms with Gasteiger partial charge in [0.15, 0.2) is 5.78 Å². The van der Waals surface area contributed by atoms with Crippen molar-refractivity contribution < 1.29 is 4.79 Å². The molecule has 2 heterocycles. The maximum Gasteiger partial charge on any atom is 0.162 e. The number of hydrogen-bond acceptors (Lipinski definition) is 3. The Hall–Kier alpha value is -1.16. The second kappa shape index (κ2) is 4.14. The first kappa shape index (κ1) is 10.4. The van der Waals surface area contributed by atoms with E-state index in [-0.39, 0.29) is 5.78 Å². The summed E-state index contributed by atoms with van der Waals surface area (Å²) in [7, 11) is 2.13. The molecule has 0 radical (unpaired) electrons. The maximum absolute atomic E-state index is 11.1. The van der Waals surface area contributed by atoms with Gasteiger partial charge in [-0.25, -0.2) is 0 Å². The number of ketones is 1. The van der Waals surface area contributed by atoms with Crippen LogP contribution in [0, 0.1) is 0 Å². The van der Waals surface area contributed by atoms with E-state index in [1.807, 2.05) is 10.9 Å². The van der Waals surface area contributed by atoms with Crippen LogP contribution in [0.2, 0.25) is 0 Å². The van der Waals surface area contributed by atoms with Crippen LogP contribution in [0.3, 0.4) is 0 Å². The van der Waals surface area contributed by atoms with Gasteiger partial charge in [0.25, 0.3) is 0 Å². The molecule has 1 aliphatic rings. The molecule has 1 fully saturated rings. The maximum atomic E-state index is 11.1. The topological polar surface area (TPSA) is 38.1 Å². The van der Waals surface area contributed by atoms with Gasteiger partial charge < -0.3 is 4.90 Å². The molecule has 1 unspecified atom stereocenters. The van der Waals surface area contributed by atoms with Crippen LogP contribution >= 0.6 is 0 Å². The smallest absolute Gasteiger partial charge is 0.162 e. The van der Waals surface area contributed by atoms with Crippen molar-refractivity contribution in [1.29, 1.82) is 0 Å². The Morgan fingerprint density at radius 3 is 3.00 bits per heavy atom. The molecule has 15 heavy (non-hydrogen) atoms. The first-order valence-electron chi connectivity index (χ1n) is 5.40. The fourth-order valence-corrected chi connectivity index (χ4v) is 2.07. The van der Waals surface area contributed by atoms with Crippen molar-refractivity contribution in [1.82, 2.24) is 14.7 Å². The van der Waals surface area contributed by atoms with Crippen LogP contribution in [-0.2, 0) is 0 Å². The predicted molar refractivity (Wildman–Crippen MR) is 58.0 cm³/mol. The largest absolute Gasteiger partial charge is 0.304 e. The van der Waals surface area contributed by atoms with Gasteiger partial charge in [-0.3, -0.25) is 9.48 Å². The van der Waals surface area contributed by atoms with Gasteiger partial charge in [-0.15, -0.1) is 0 Å². The number of Topliss-reactive ketones (excluding diaryl/α,β-unsaturated/α-hetero) is 1. The van der Waals surface area contributed by atoms with Gasteiger partial charge in [-0.2, -0.15) is 5.10 Å². The molecule has 4 nitrogen and oxygen atoms in total. The highest BCUT2D eigenvalue weighted by atomic mass is 16.1. The summed E-state index contributed by atoms with van der Waals surface area (Å²) < 4.78 is 1.94. The van der Waals surface area contributed by atoms with Gasteiger partial charge in [0.2, 0.25) is 0 Å². The zero-order chi connectivity index (χ0) is 10.8. The highest BCUT2D eigenvalue weighted by Crippen LogP contribution is 2.19. The lowest BCUT2D eigenvalue weighted by atomic mass is 10.1. The Bertz CT molecular complexity index is 358. The monoisotopic (exact) mass is 207 g/mol. The van der Waals surface area contributed by atoms with Crippen molar-refractivity contribution in [2.45, 2.75) is 25.8 Å². The second-order valence-corrected chi connectivity index (χ2v) is 4.32. The summed E-state index contributed by atoms with van der Waals surface area (Å²) in [5.41, 5.74) is 0.711. The fourth-order valence-electron chi connectivity index (χ4n) is 2.07. The van der Waals surface area contributed by atoms with Crippen LogP contribution in [0.4, 0.5) is 0 Å². The van der Waals surface area contributed by atoms with Crippen LogP contribution < -0.4 is 0 Å². The van der Waals surface area contributed by atoms with Gasteiger partial charge >= 0.3 is 0 Å². The van der Waals surface area contributed by atoms with Crippen LogP contribution in [-0.4, -0.2) is 40.6 Å². The molecule has 0 saturated carbocycles. The zero-order valence-corrected chi connectivity index (χ0v) is 9.31. The van der Waals surface area contributed by atoms with Crippen molar-refractivity contribution in [2.75, 3.05) is 20.1 Å². The third-order valence-corrected chi connectivity index (χ3v) is 2.98. The summed E-state index contributed by atoms with van der Waals surface area (Å²) in [4.78, 5) is 13.5. The molecular weight excluding hydrogens is 190 g/mol. The number of likely N-dealkylation sites (tertiary alicyclic amines) is 1. The Morgan fingerprint density at radius 1 is 1.60 bits per heavy atom. The second-order valence-electron chi connectivity index (χ2n) is 4.32. The molecule has 1 atom stereocenters. The molecule has 0 spiro atoms. The van der Waals surface area contributed by atoms with E-state index >= 15 is 0 Å². The van der Waals surface area contributed by atoms with E-state index in [0.29, 0.717) is 11.6 Å². The summed E-state index contributed by atoms with van der Waals surface area (Å²) in [5.74, 6) is 0.0883. The number of aromatic nitrogens is 2. The van der Waals surface area contributed by atoms with Gasteiger partial charge in [-0.05, 0) is 33.4 Å². The third kappa shape index (κ3) is 2.26. The lowest BCUT2D eigenvalue weighted by Crippen LogP contribution is -2.33. The Labute approximate surface area is 89.9 Å². The third-order valence-electron chi connectivity index (χ3n) is 2.98. The molecule has 1 saturated heterocycles. The van der Waals surface area contributed by atoms with E-state index in [1.165, 1.54) is 6.42 Å². The lowest BCUT2D eigenvalue weighted by molar-refractivity contribution is 0.101. The SMILES string of the molecule is CC(=O)c1cnn(C2CCCN(C)C2)c1. The van der Waals surface area contributed by atoms with Crippen LogP contribution in [0.1, 0.15) is 36.2 Å². The van der Waals surface area contributed by atoms with E-state index in [4.69, 9.17) is 0 Å². The number of carbonyl (C=O) groups is 1. The molecule has 0 bridgehead atoms. The van der Waals surface area contributed by atoms with Crippen molar-refractivity contribution in [3.05, 3.63) is 18.0 Å². The van der Waals surface area contributed by atoms with Gasteiger partial charge in [0.05, 0.1) is 17.8 Å². The van der Waals surface area contributed by atoms with Crippen LogP contribution in [0.5, 0.6) is 0 Å². The first-order chi connectivity index (χ1) is 7.16. The highest BCUT2D eigenvalue weighted by Gasteiger charge is 2.19. The van der Waals surface area contributed by atoms with Gasteiger partial charge in [0, 0.05) is 12.7 Å². The quantitative estimate of drug-likeness (QED) is 0.687. The number of carbonyl (C=O) groups excluding carboxylic acids is 1. The minimum absolute atomic E-state index is 0.0883. The Morgan fingerprint density at radius 2 is 2.40 bits per heavy atom. The minimum atomic E-state index is 0.0883. The molecule has 0 aromatic carbocycles. The molecule has 0 amide bonds. The van der Waals surface area contributed by atoms with Gasteiger partial charge in [0.1, 0.15) is 0 Å². The predicted octanol–water partition coefficient (Wildman–Crippen LogP) is 1.35. The number of rotatable bonds is 2. The Balaban J connectivity index is 2.11. The highest BCUT2D eigenvalue weighted by molar-refractivity contribution is 5.93. The van der Waals surface area contributed by atoms with E-state index in [1.54, 1.807) is 13.1 Å². The summed E-state index contributed by atoms with van der Waals surface area (Å²) in [6.45, 7) is 3.77. The van der Waals surface area contributed by atoms with Crippen molar-refractivity contribution in [3.63, 3.8) is 0 Å². The van der Waals surface area contributed by atoms with E-state index in [9.17, 15) is 4.79 Å². The molecule has 1 aromatic rings. The van der Waals surface area contributed by atoms with E-state index < -0.39 is 0 Å². The van der Waals surface area contributed by atoms with Crippen molar-refractivity contribution in [2.24, 2.45) is 0 Å². The Kier molecular flexibility index (Phi) is 2.86. The summed E-state index contributed by atoms with van der Waals surface area (Å²) in [6, 6.07) is 0.428. The summed E-state index contributed by atoms with van der Waals surface area (Å²) >= 11 is 0. The summed E-state index contributed by atoms with van der Waals surface area (Å²) in [6.07, 6.45) is 5.89. The molecule has 1 aromatic heterocycles. The average molecular weight is 207 g/mol. The average Bonchev–Trinajstić information content (AvgIpc) is 2.66. The van der Waals surface area contributed by atoms with Crippen LogP contribution in [0.15, 0.2) is 12.4 Å². The normalized spacial score (nSPS) is 22.9. The standard InChI is InChI=1S/C11H17N3O/c1-9(15)10-6-12-14(7-10)11-4-3-5-13(2)8-11/h6-7,11H,3-5,8H2,1-2H3. The number of piperidine rings is 1. The molecule has 1 aliphatic heterocycles. The first-order valence-corrected chi connectivity index (χ1v) is 5.40. The van der Waals surface area contributed by atoms with E-state index in [2.05, 4.69) is 17.0 Å². The summed E-state index contributed by atoms with van der Waals surface area (Å²) in [5, 5.41) is 4.26. The number of likely N-dealkylation sites (N-methyl/N-ethyl adjacent to an activating group) is 1. The molecule has 82 valence electrons. The molecule has 0 N–H and O–H groups in total. The lowest BCUT2D eigenvalue weighted by Gasteiger charge is -2.29. The van der Waals surface area contributed by atoms with Crippen LogP contribution in [0.25, 0.3) is 0 Å². The van der Waals surface area contributed by atoms with Gasteiger partial charge in [-0.1, -0.05) is 0 Å². The molecule has 4 heteroatoms. The number of nitrogens with zero attached hydrogens (tertiary/aromatic N) is 3. The minimum Gasteiger partial charge on any atom is -0.304 e. The van der Waals surface area contributed by atoms with Crippen molar-refractivity contribution >= 4 is 5.78 Å². The van der Waals surface area contributed by atoms with E-state index in [0.717, 1.165) is 19.5 Å². The zero-order valence-electron chi connectivity index (χ0n) is 9.31. The van der Waals surface area contributed by atoms with Crippen molar-refractivity contribution in [3.8, 4) is 0 Å². The fraction of sp³-hybridized carbons (Fsp3) is 0.636. The molecule has 2 rings (SSSR count). The number of hydrogen-bond donors (Lipinski definition) is 0. The molecule has 0 aliphatic carbocycles. The molecular formula is C11H17N3O.